The number of hydrogen-bond donors (Lipinski definition) is 1. The highest BCUT2D eigenvalue weighted by Gasteiger charge is 2.10. The lowest BCUT2D eigenvalue weighted by Crippen LogP contribution is -2.18. The highest BCUT2D eigenvalue weighted by Crippen LogP contribution is 2.16. The van der Waals surface area contributed by atoms with E-state index in [0.717, 1.165) is 17.0 Å². The maximum absolute atomic E-state index is 12.3. The number of nitrogens with one attached hydrogen (secondary N) is 1. The molecule has 0 bridgehead atoms. The number of rotatable bonds is 6. The number of anilines is 1. The van der Waals surface area contributed by atoms with Gasteiger partial charge in [0.25, 0.3) is 0 Å². The van der Waals surface area contributed by atoms with E-state index in [1.807, 2.05) is 44.2 Å². The van der Waals surface area contributed by atoms with E-state index in [0.29, 0.717) is 22.5 Å². The normalized spacial score (nSPS) is 10.7. The van der Waals surface area contributed by atoms with Gasteiger partial charge in [-0.15, -0.1) is 0 Å². The van der Waals surface area contributed by atoms with Gasteiger partial charge >= 0.3 is 0 Å². The molecule has 2 heterocycles. The Morgan fingerprint density at radius 2 is 1.85 bits per heavy atom. The lowest BCUT2D eigenvalue weighted by atomic mass is 10.2. The van der Waals surface area contributed by atoms with Crippen molar-refractivity contribution < 1.29 is 4.79 Å². The Hall–Kier alpha value is -2.38. The van der Waals surface area contributed by atoms with E-state index in [-0.39, 0.29) is 11.7 Å². The van der Waals surface area contributed by atoms with E-state index < -0.39 is 0 Å². The van der Waals surface area contributed by atoms with Crippen molar-refractivity contribution in [1.82, 2.24) is 19.7 Å². The van der Waals surface area contributed by atoms with Gasteiger partial charge in [-0.2, -0.15) is 5.10 Å². The Bertz CT molecular complexity index is 890. The van der Waals surface area contributed by atoms with Crippen LogP contribution in [0.15, 0.2) is 47.8 Å². The largest absolute Gasteiger partial charge is 0.310 e. The van der Waals surface area contributed by atoms with Gasteiger partial charge in [-0.05, 0) is 37.6 Å². The Balaban J connectivity index is 1.59. The van der Waals surface area contributed by atoms with E-state index in [1.165, 1.54) is 11.8 Å². The van der Waals surface area contributed by atoms with Gasteiger partial charge in [0.05, 0.1) is 18.5 Å². The monoisotopic (exact) mass is 387 g/mol. The quantitative estimate of drug-likeness (QED) is 0.515. The van der Waals surface area contributed by atoms with Crippen molar-refractivity contribution in [3.8, 4) is 0 Å². The summed E-state index contributed by atoms with van der Waals surface area (Å²) < 4.78 is 1.74. The fourth-order valence-corrected chi connectivity index (χ4v) is 3.27. The molecular formula is C18H18ClN5OS. The van der Waals surface area contributed by atoms with Crippen molar-refractivity contribution in [1.29, 1.82) is 0 Å². The molecule has 1 aromatic carbocycles. The first-order valence-electron chi connectivity index (χ1n) is 8.01. The second-order valence-corrected chi connectivity index (χ2v) is 7.15. The summed E-state index contributed by atoms with van der Waals surface area (Å²) in [6.45, 7) is 4.37. The van der Waals surface area contributed by atoms with E-state index in [4.69, 9.17) is 11.6 Å². The predicted octanol–water partition coefficient (Wildman–Crippen LogP) is 3.72. The Morgan fingerprint density at radius 1 is 1.15 bits per heavy atom. The van der Waals surface area contributed by atoms with Crippen LogP contribution in [0.25, 0.3) is 0 Å². The summed E-state index contributed by atoms with van der Waals surface area (Å²) >= 11 is 7.22. The van der Waals surface area contributed by atoms with E-state index >= 15 is 0 Å². The Morgan fingerprint density at radius 3 is 2.54 bits per heavy atom. The number of nitrogens with zero attached hydrogens (tertiary/aromatic N) is 4. The van der Waals surface area contributed by atoms with Crippen molar-refractivity contribution in [3.63, 3.8) is 0 Å². The molecule has 2 aromatic heterocycles. The average molecular weight is 388 g/mol. The maximum Gasteiger partial charge on any atom is 0.235 e. The van der Waals surface area contributed by atoms with Crippen LogP contribution >= 0.6 is 23.4 Å². The number of amides is 1. The molecular weight excluding hydrogens is 370 g/mol. The van der Waals surface area contributed by atoms with Crippen molar-refractivity contribution in [3.05, 3.63) is 64.6 Å². The third-order valence-corrected chi connectivity index (χ3v) is 4.62. The number of aryl methyl sites for hydroxylation is 2. The van der Waals surface area contributed by atoms with Crippen molar-refractivity contribution in [2.45, 2.75) is 25.5 Å². The highest BCUT2D eigenvalue weighted by atomic mass is 35.5. The number of benzene rings is 1. The Kier molecular flexibility index (Phi) is 5.90. The second kappa shape index (κ2) is 8.33. The van der Waals surface area contributed by atoms with Crippen molar-refractivity contribution >= 4 is 35.1 Å². The molecule has 0 radical (unpaired) electrons. The molecule has 0 spiro atoms. The van der Waals surface area contributed by atoms with Crippen LogP contribution in [0.2, 0.25) is 5.02 Å². The summed E-state index contributed by atoms with van der Waals surface area (Å²) in [6.07, 6.45) is 1.66. The lowest BCUT2D eigenvalue weighted by molar-refractivity contribution is -0.113. The standard InChI is InChI=1S/C18H18ClN5OS/c1-12-9-13(2)22-18(21-12)26-11-17(25)23-16-7-8-20-24(16)10-14-3-5-15(19)6-4-14/h3-9H,10-11H2,1-2H3,(H,23,25). The summed E-state index contributed by atoms with van der Waals surface area (Å²) in [5.41, 5.74) is 2.83. The molecule has 26 heavy (non-hydrogen) atoms. The van der Waals surface area contributed by atoms with Crippen LogP contribution in [0, 0.1) is 13.8 Å². The summed E-state index contributed by atoms with van der Waals surface area (Å²) in [7, 11) is 0. The fourth-order valence-electron chi connectivity index (χ4n) is 2.39. The zero-order valence-corrected chi connectivity index (χ0v) is 16.0. The van der Waals surface area contributed by atoms with Crippen LogP contribution < -0.4 is 5.32 Å². The predicted molar refractivity (Wildman–Crippen MR) is 104 cm³/mol. The van der Waals surface area contributed by atoms with Gasteiger partial charge in [-0.25, -0.2) is 14.6 Å². The number of hydrogen-bond acceptors (Lipinski definition) is 5. The molecule has 3 rings (SSSR count). The van der Waals surface area contributed by atoms with Gasteiger partial charge < -0.3 is 5.32 Å². The van der Waals surface area contributed by atoms with Crippen LogP contribution in [-0.4, -0.2) is 31.4 Å². The molecule has 0 aliphatic heterocycles. The van der Waals surface area contributed by atoms with Crippen LogP contribution in [0.3, 0.4) is 0 Å². The summed E-state index contributed by atoms with van der Waals surface area (Å²) in [6, 6.07) is 11.2. The van der Waals surface area contributed by atoms with E-state index in [1.54, 1.807) is 16.9 Å². The number of carbonyl (C=O) groups excluding carboxylic acids is 1. The minimum Gasteiger partial charge on any atom is -0.310 e. The molecule has 8 heteroatoms. The van der Waals surface area contributed by atoms with Gasteiger partial charge in [0.2, 0.25) is 5.91 Å². The van der Waals surface area contributed by atoms with E-state index in [9.17, 15) is 4.79 Å². The Labute approximate surface area is 161 Å². The fraction of sp³-hybridized carbons (Fsp3) is 0.222. The van der Waals surface area contributed by atoms with E-state index in [2.05, 4.69) is 20.4 Å². The van der Waals surface area contributed by atoms with Crippen molar-refractivity contribution in [2.75, 3.05) is 11.1 Å². The summed E-state index contributed by atoms with van der Waals surface area (Å²) in [5, 5.41) is 8.44. The number of thioether (sulfide) groups is 1. The maximum atomic E-state index is 12.3. The van der Waals surface area contributed by atoms with Gasteiger partial charge in [-0.3, -0.25) is 4.79 Å². The lowest BCUT2D eigenvalue weighted by Gasteiger charge is -2.09. The number of carbonyl (C=O) groups is 1. The van der Waals surface area contributed by atoms with Crippen LogP contribution in [0.1, 0.15) is 17.0 Å². The first kappa shape index (κ1) is 18.4. The minimum atomic E-state index is -0.129. The minimum absolute atomic E-state index is 0.129. The molecule has 0 aliphatic rings. The molecule has 1 amide bonds. The van der Waals surface area contributed by atoms with Crippen LogP contribution in [0.4, 0.5) is 5.82 Å². The first-order valence-corrected chi connectivity index (χ1v) is 9.37. The molecule has 0 aliphatic carbocycles. The molecule has 6 nitrogen and oxygen atoms in total. The molecule has 3 aromatic rings. The van der Waals surface area contributed by atoms with Crippen molar-refractivity contribution in [2.24, 2.45) is 0 Å². The second-order valence-electron chi connectivity index (χ2n) is 5.77. The number of halogens is 1. The molecule has 0 unspecified atom stereocenters. The zero-order valence-electron chi connectivity index (χ0n) is 14.4. The smallest absolute Gasteiger partial charge is 0.235 e. The van der Waals surface area contributed by atoms with Gasteiger partial charge in [0, 0.05) is 22.5 Å². The SMILES string of the molecule is Cc1cc(C)nc(SCC(=O)Nc2ccnn2Cc2ccc(Cl)cc2)n1. The molecule has 0 atom stereocenters. The third-order valence-electron chi connectivity index (χ3n) is 3.52. The zero-order chi connectivity index (χ0) is 18.5. The molecule has 134 valence electrons. The third kappa shape index (κ3) is 5.06. The average Bonchev–Trinajstić information content (AvgIpc) is 3.01. The van der Waals surface area contributed by atoms with Crippen LogP contribution in [0.5, 0.6) is 0 Å². The first-order chi connectivity index (χ1) is 12.5. The summed E-state index contributed by atoms with van der Waals surface area (Å²) in [4.78, 5) is 20.9. The highest BCUT2D eigenvalue weighted by molar-refractivity contribution is 7.99. The molecule has 0 saturated heterocycles. The van der Waals surface area contributed by atoms with Gasteiger partial charge in [0.15, 0.2) is 5.16 Å². The van der Waals surface area contributed by atoms with Gasteiger partial charge in [-0.1, -0.05) is 35.5 Å². The molecule has 1 N–H and O–H groups in total. The summed E-state index contributed by atoms with van der Waals surface area (Å²) in [5.74, 6) is 0.747. The van der Waals surface area contributed by atoms with Gasteiger partial charge in [0.1, 0.15) is 5.82 Å². The topological polar surface area (TPSA) is 72.7 Å². The molecule has 0 fully saturated rings. The number of aromatic nitrogens is 4. The van der Waals surface area contributed by atoms with Crippen LogP contribution in [-0.2, 0) is 11.3 Å². The molecule has 0 saturated carbocycles.